The molecule has 0 aliphatic carbocycles. The van der Waals surface area contributed by atoms with Crippen molar-refractivity contribution < 1.29 is 13.9 Å². The SMILES string of the molecule is Cc1cc(Br)ccc1OC(=O)CF. The van der Waals surface area contributed by atoms with Gasteiger partial charge in [-0.05, 0) is 30.7 Å². The van der Waals surface area contributed by atoms with Gasteiger partial charge < -0.3 is 4.74 Å². The first-order chi connectivity index (χ1) is 6.13. The molecule has 4 heteroatoms. The van der Waals surface area contributed by atoms with Gasteiger partial charge in [0, 0.05) is 4.47 Å². The summed E-state index contributed by atoms with van der Waals surface area (Å²) < 4.78 is 17.4. The fourth-order valence-corrected chi connectivity index (χ4v) is 1.35. The number of aryl methyl sites for hydroxylation is 1. The van der Waals surface area contributed by atoms with Gasteiger partial charge in [-0.2, -0.15) is 0 Å². The fraction of sp³-hybridized carbons (Fsp3) is 0.222. The van der Waals surface area contributed by atoms with Crippen LogP contribution < -0.4 is 4.74 Å². The van der Waals surface area contributed by atoms with Crippen LogP contribution in [0.15, 0.2) is 22.7 Å². The zero-order valence-corrected chi connectivity index (χ0v) is 8.60. The quantitative estimate of drug-likeness (QED) is 0.593. The molecule has 0 spiro atoms. The van der Waals surface area contributed by atoms with Crippen LogP contribution in [0.1, 0.15) is 5.56 Å². The molecule has 1 rings (SSSR count). The van der Waals surface area contributed by atoms with E-state index in [9.17, 15) is 9.18 Å². The molecule has 0 heterocycles. The molecule has 0 saturated carbocycles. The lowest BCUT2D eigenvalue weighted by Gasteiger charge is -2.05. The molecule has 13 heavy (non-hydrogen) atoms. The number of halogens is 2. The van der Waals surface area contributed by atoms with E-state index in [-0.39, 0.29) is 0 Å². The number of hydrogen-bond donors (Lipinski definition) is 0. The normalized spacial score (nSPS) is 9.77. The molecule has 0 aromatic heterocycles. The Balaban J connectivity index is 2.83. The van der Waals surface area contributed by atoms with Crippen LogP contribution in [-0.2, 0) is 4.79 Å². The fourth-order valence-electron chi connectivity index (χ4n) is 0.877. The standard InChI is InChI=1S/C9H8BrFO2/c1-6-4-7(10)2-3-8(6)13-9(12)5-11/h2-4H,5H2,1H3. The van der Waals surface area contributed by atoms with Crippen molar-refractivity contribution in [2.24, 2.45) is 0 Å². The first kappa shape index (κ1) is 10.2. The lowest BCUT2D eigenvalue weighted by molar-refractivity contribution is -0.135. The molecule has 0 bridgehead atoms. The van der Waals surface area contributed by atoms with E-state index in [1.807, 2.05) is 0 Å². The van der Waals surface area contributed by atoms with Crippen LogP contribution in [-0.4, -0.2) is 12.6 Å². The van der Waals surface area contributed by atoms with E-state index in [4.69, 9.17) is 4.74 Å². The summed E-state index contributed by atoms with van der Waals surface area (Å²) in [7, 11) is 0. The molecule has 0 unspecified atom stereocenters. The molecule has 0 N–H and O–H groups in total. The van der Waals surface area contributed by atoms with Gasteiger partial charge in [-0.3, -0.25) is 0 Å². The number of carbonyl (C=O) groups is 1. The van der Waals surface area contributed by atoms with Crippen molar-refractivity contribution in [3.63, 3.8) is 0 Å². The highest BCUT2D eigenvalue weighted by molar-refractivity contribution is 9.10. The van der Waals surface area contributed by atoms with Gasteiger partial charge in [-0.15, -0.1) is 0 Å². The summed E-state index contributed by atoms with van der Waals surface area (Å²) in [5.41, 5.74) is 0.788. The van der Waals surface area contributed by atoms with E-state index < -0.39 is 12.6 Å². The van der Waals surface area contributed by atoms with E-state index in [1.165, 1.54) is 0 Å². The number of benzene rings is 1. The second kappa shape index (κ2) is 4.37. The van der Waals surface area contributed by atoms with Crippen molar-refractivity contribution in [2.75, 3.05) is 6.67 Å². The third-order valence-electron chi connectivity index (χ3n) is 1.47. The van der Waals surface area contributed by atoms with Crippen molar-refractivity contribution in [3.8, 4) is 5.75 Å². The number of carbonyl (C=O) groups excluding carboxylic acids is 1. The monoisotopic (exact) mass is 246 g/mol. The largest absolute Gasteiger partial charge is 0.424 e. The van der Waals surface area contributed by atoms with Gasteiger partial charge in [0.15, 0.2) is 6.67 Å². The highest BCUT2D eigenvalue weighted by atomic mass is 79.9. The maximum atomic E-state index is 11.8. The van der Waals surface area contributed by atoms with Crippen LogP contribution in [0.3, 0.4) is 0 Å². The number of ether oxygens (including phenoxy) is 1. The summed E-state index contributed by atoms with van der Waals surface area (Å²) in [6.45, 7) is 0.682. The first-order valence-corrected chi connectivity index (χ1v) is 4.45. The minimum Gasteiger partial charge on any atom is -0.424 e. The Labute approximate surface area is 83.8 Å². The molecule has 70 valence electrons. The van der Waals surface area contributed by atoms with Gasteiger partial charge in [0.05, 0.1) is 0 Å². The van der Waals surface area contributed by atoms with Crippen LogP contribution >= 0.6 is 15.9 Å². The van der Waals surface area contributed by atoms with Gasteiger partial charge in [0.25, 0.3) is 0 Å². The average molecular weight is 247 g/mol. The smallest absolute Gasteiger partial charge is 0.342 e. The van der Waals surface area contributed by atoms with Crippen molar-refractivity contribution in [1.29, 1.82) is 0 Å². The van der Waals surface area contributed by atoms with E-state index in [2.05, 4.69) is 15.9 Å². The summed E-state index contributed by atoms with van der Waals surface area (Å²) in [6.07, 6.45) is 0. The van der Waals surface area contributed by atoms with Crippen LogP contribution in [0, 0.1) is 6.92 Å². The maximum absolute atomic E-state index is 11.8. The molecule has 0 aliphatic rings. The predicted molar refractivity (Wildman–Crippen MR) is 50.5 cm³/mol. The Morgan fingerprint density at radius 3 is 2.85 bits per heavy atom. The van der Waals surface area contributed by atoms with E-state index in [0.29, 0.717) is 5.75 Å². The summed E-state index contributed by atoms with van der Waals surface area (Å²) in [5, 5.41) is 0. The second-order valence-corrected chi connectivity index (χ2v) is 3.43. The van der Waals surface area contributed by atoms with Crippen molar-refractivity contribution in [2.45, 2.75) is 6.92 Å². The summed E-state index contributed by atoms with van der Waals surface area (Å²) >= 11 is 3.27. The molecule has 0 radical (unpaired) electrons. The number of hydrogen-bond acceptors (Lipinski definition) is 2. The molecule has 0 amide bonds. The number of rotatable bonds is 2. The third-order valence-corrected chi connectivity index (χ3v) is 1.96. The molecule has 0 saturated heterocycles. The van der Waals surface area contributed by atoms with Gasteiger partial charge in [0.2, 0.25) is 0 Å². The maximum Gasteiger partial charge on any atom is 0.342 e. The Hall–Kier alpha value is -0.900. The second-order valence-electron chi connectivity index (χ2n) is 2.52. The lowest BCUT2D eigenvalue weighted by Crippen LogP contribution is -2.10. The lowest BCUT2D eigenvalue weighted by atomic mass is 10.2. The van der Waals surface area contributed by atoms with Gasteiger partial charge in [0.1, 0.15) is 5.75 Å². The third kappa shape index (κ3) is 2.81. The Kier molecular flexibility index (Phi) is 3.42. The average Bonchev–Trinajstić information content (AvgIpc) is 2.09. The number of alkyl halides is 1. The van der Waals surface area contributed by atoms with Crippen molar-refractivity contribution in [3.05, 3.63) is 28.2 Å². The van der Waals surface area contributed by atoms with Crippen LogP contribution in [0.25, 0.3) is 0 Å². The highest BCUT2D eigenvalue weighted by Gasteiger charge is 2.05. The topological polar surface area (TPSA) is 26.3 Å². The molecule has 0 atom stereocenters. The van der Waals surface area contributed by atoms with Gasteiger partial charge in [-0.1, -0.05) is 15.9 Å². The minimum atomic E-state index is -1.10. The van der Waals surface area contributed by atoms with Crippen LogP contribution in [0.5, 0.6) is 5.75 Å². The Bertz CT molecular complexity index is 325. The summed E-state index contributed by atoms with van der Waals surface area (Å²) in [4.78, 5) is 10.6. The molecule has 2 nitrogen and oxygen atoms in total. The van der Waals surface area contributed by atoms with Gasteiger partial charge in [-0.25, -0.2) is 9.18 Å². The van der Waals surface area contributed by atoms with Gasteiger partial charge >= 0.3 is 5.97 Å². The van der Waals surface area contributed by atoms with Crippen LogP contribution in [0.4, 0.5) is 4.39 Å². The first-order valence-electron chi connectivity index (χ1n) is 3.66. The van der Waals surface area contributed by atoms with Crippen molar-refractivity contribution in [1.82, 2.24) is 0 Å². The number of esters is 1. The van der Waals surface area contributed by atoms with E-state index in [0.717, 1.165) is 10.0 Å². The van der Waals surface area contributed by atoms with E-state index >= 15 is 0 Å². The molecule has 0 aliphatic heterocycles. The zero-order valence-electron chi connectivity index (χ0n) is 7.01. The zero-order chi connectivity index (χ0) is 9.84. The molecule has 0 fully saturated rings. The summed E-state index contributed by atoms with van der Waals surface area (Å²) in [6, 6.07) is 5.14. The molecule has 1 aromatic rings. The Morgan fingerprint density at radius 2 is 2.31 bits per heavy atom. The summed E-state index contributed by atoms with van der Waals surface area (Å²) in [5.74, 6) is -0.476. The molecular formula is C9H8BrFO2. The van der Waals surface area contributed by atoms with Crippen LogP contribution in [0.2, 0.25) is 0 Å². The minimum absolute atomic E-state index is 0.394. The molecular weight excluding hydrogens is 239 g/mol. The Morgan fingerprint density at radius 1 is 1.62 bits per heavy atom. The predicted octanol–water partition coefficient (Wildman–Crippen LogP) is 2.63. The highest BCUT2D eigenvalue weighted by Crippen LogP contribution is 2.22. The van der Waals surface area contributed by atoms with E-state index in [1.54, 1.807) is 25.1 Å². The molecule has 1 aromatic carbocycles. The van der Waals surface area contributed by atoms with Crippen molar-refractivity contribution >= 4 is 21.9 Å².